The summed E-state index contributed by atoms with van der Waals surface area (Å²) in [5.74, 6) is 0.455. The van der Waals surface area contributed by atoms with Crippen LogP contribution in [-0.2, 0) is 15.7 Å². The van der Waals surface area contributed by atoms with Crippen LogP contribution in [-0.4, -0.2) is 87.3 Å². The van der Waals surface area contributed by atoms with Gasteiger partial charge in [0.15, 0.2) is 0 Å². The topological polar surface area (TPSA) is 48.1 Å². The Hall–Kier alpha value is -1.84. The molecule has 2 saturated heterocycles. The molecule has 0 bridgehead atoms. The number of benzene rings is 1. The quantitative estimate of drug-likeness (QED) is 0.544. The van der Waals surface area contributed by atoms with E-state index in [0.717, 1.165) is 45.1 Å². The van der Waals surface area contributed by atoms with Gasteiger partial charge in [-0.05, 0) is 57.4 Å². The van der Waals surface area contributed by atoms with Gasteiger partial charge in [0.1, 0.15) is 0 Å². The van der Waals surface area contributed by atoms with Gasteiger partial charge in [-0.25, -0.2) is 0 Å². The first kappa shape index (κ1) is 26.8. The molecule has 0 unspecified atom stereocenters. The maximum atomic E-state index is 13.1. The molecule has 2 heterocycles. The second kappa shape index (κ2) is 12.2. The smallest absolute Gasteiger partial charge is 0.383 e. The molecule has 1 aromatic rings. The predicted molar refractivity (Wildman–Crippen MR) is 128 cm³/mol. The lowest BCUT2D eigenvalue weighted by molar-refractivity contribution is -0.137. The van der Waals surface area contributed by atoms with Gasteiger partial charge in [-0.15, -0.1) is 0 Å². The highest BCUT2D eigenvalue weighted by molar-refractivity contribution is 5.75. The Labute approximate surface area is 201 Å². The molecule has 1 amide bonds. The predicted octanol–water partition coefficient (Wildman–Crippen LogP) is 3.47. The van der Waals surface area contributed by atoms with Crippen molar-refractivity contribution in [2.45, 2.75) is 51.4 Å². The van der Waals surface area contributed by atoms with Crippen LogP contribution in [0.15, 0.2) is 24.3 Å². The number of alkyl halides is 3. The average molecular weight is 485 g/mol. The molecule has 1 aromatic carbocycles. The molecule has 2 atom stereocenters. The second-order valence-electron chi connectivity index (χ2n) is 9.66. The average Bonchev–Trinajstić information content (AvgIpc) is 2.82. The van der Waals surface area contributed by atoms with Crippen molar-refractivity contribution in [1.82, 2.24) is 15.1 Å². The number of nitrogens with one attached hydrogen (secondary N) is 1. The normalized spacial score (nSPS) is 22.9. The molecular formula is C25H39F3N4O2. The second-order valence-corrected chi connectivity index (χ2v) is 9.66. The molecule has 34 heavy (non-hydrogen) atoms. The monoisotopic (exact) mass is 484 g/mol. The van der Waals surface area contributed by atoms with E-state index in [1.807, 2.05) is 4.90 Å². The minimum absolute atomic E-state index is 0.0619. The Balaban J connectivity index is 1.59. The molecule has 2 aliphatic heterocycles. The zero-order chi connectivity index (χ0) is 24.7. The van der Waals surface area contributed by atoms with Crippen molar-refractivity contribution >= 4 is 11.6 Å². The van der Waals surface area contributed by atoms with E-state index in [1.165, 1.54) is 12.1 Å². The van der Waals surface area contributed by atoms with Crippen LogP contribution in [0.5, 0.6) is 0 Å². The van der Waals surface area contributed by atoms with Gasteiger partial charge >= 0.3 is 6.18 Å². The Bertz CT molecular complexity index is 782. The number of carbonyl (C=O) groups excluding carboxylic acids is 1. The molecule has 0 aromatic heterocycles. The molecule has 6 nitrogen and oxygen atoms in total. The van der Waals surface area contributed by atoms with Gasteiger partial charge in [0.05, 0.1) is 12.2 Å². The van der Waals surface area contributed by atoms with Crippen molar-refractivity contribution in [3.8, 4) is 0 Å². The number of likely N-dealkylation sites (tertiary alicyclic amines) is 1. The zero-order valence-electron chi connectivity index (χ0n) is 20.6. The minimum atomic E-state index is -4.33. The van der Waals surface area contributed by atoms with Crippen molar-refractivity contribution in [2.75, 3.05) is 64.4 Å². The summed E-state index contributed by atoms with van der Waals surface area (Å²) in [6.07, 6.45) is -1.94. The standard InChI is InChI=1S/C25H39F3N4O2/c1-19(2)32-11-9-23(20(18-32)7-8-24(33)29-10-16-34-3)31-14-12-30(13-15-31)22-6-4-5-21(17-22)25(26,27)28/h4-6,17,19-20,23H,7-16,18H2,1-3H3,(H,29,33)/t20-,23+/m0/s1. The summed E-state index contributed by atoms with van der Waals surface area (Å²) < 4.78 is 44.4. The number of nitrogens with zero attached hydrogens (tertiary/aromatic N) is 3. The summed E-state index contributed by atoms with van der Waals surface area (Å²) >= 11 is 0. The van der Waals surface area contributed by atoms with Crippen LogP contribution >= 0.6 is 0 Å². The number of hydrogen-bond acceptors (Lipinski definition) is 5. The summed E-state index contributed by atoms with van der Waals surface area (Å²) in [7, 11) is 1.62. The van der Waals surface area contributed by atoms with Gasteiger partial charge in [0, 0.05) is 70.6 Å². The Kier molecular flexibility index (Phi) is 9.62. The van der Waals surface area contributed by atoms with Crippen molar-refractivity contribution in [2.24, 2.45) is 5.92 Å². The summed E-state index contributed by atoms with van der Waals surface area (Å²) in [4.78, 5) is 19.3. The minimum Gasteiger partial charge on any atom is -0.383 e. The van der Waals surface area contributed by atoms with Gasteiger partial charge < -0.3 is 19.9 Å². The number of ether oxygens (including phenoxy) is 1. The third-order valence-corrected chi connectivity index (χ3v) is 7.15. The van der Waals surface area contributed by atoms with E-state index in [9.17, 15) is 18.0 Å². The third-order valence-electron chi connectivity index (χ3n) is 7.15. The van der Waals surface area contributed by atoms with Crippen LogP contribution in [0.1, 0.15) is 38.7 Å². The van der Waals surface area contributed by atoms with Gasteiger partial charge in [0.2, 0.25) is 5.91 Å². The van der Waals surface area contributed by atoms with E-state index in [2.05, 4.69) is 29.0 Å². The van der Waals surface area contributed by atoms with E-state index < -0.39 is 11.7 Å². The number of anilines is 1. The van der Waals surface area contributed by atoms with E-state index in [0.29, 0.717) is 56.4 Å². The number of piperidine rings is 1. The molecule has 0 aliphatic carbocycles. The van der Waals surface area contributed by atoms with Crippen LogP contribution in [0.25, 0.3) is 0 Å². The van der Waals surface area contributed by atoms with Crippen LogP contribution < -0.4 is 10.2 Å². The van der Waals surface area contributed by atoms with Crippen LogP contribution in [0.2, 0.25) is 0 Å². The Morgan fingerprint density at radius 2 is 1.91 bits per heavy atom. The van der Waals surface area contributed by atoms with Gasteiger partial charge in [-0.3, -0.25) is 9.69 Å². The largest absolute Gasteiger partial charge is 0.416 e. The number of rotatable bonds is 9. The highest BCUT2D eigenvalue weighted by Crippen LogP contribution is 2.33. The van der Waals surface area contributed by atoms with Crippen LogP contribution in [0.4, 0.5) is 18.9 Å². The fraction of sp³-hybridized carbons (Fsp3) is 0.720. The SMILES string of the molecule is COCCNC(=O)CC[C@H]1CN(C(C)C)CC[C@H]1N1CCN(c2cccc(C(F)(F)F)c2)CC1. The van der Waals surface area contributed by atoms with Gasteiger partial charge in [-0.2, -0.15) is 13.2 Å². The number of piperazine rings is 1. The summed E-state index contributed by atoms with van der Waals surface area (Å²) in [6.45, 7) is 10.5. The molecule has 0 radical (unpaired) electrons. The third kappa shape index (κ3) is 7.33. The molecule has 192 valence electrons. The van der Waals surface area contributed by atoms with E-state index in [-0.39, 0.29) is 5.91 Å². The first-order chi connectivity index (χ1) is 16.2. The Morgan fingerprint density at radius 1 is 1.18 bits per heavy atom. The van der Waals surface area contributed by atoms with Crippen molar-refractivity contribution in [3.63, 3.8) is 0 Å². The molecule has 1 N–H and O–H groups in total. The van der Waals surface area contributed by atoms with Crippen LogP contribution in [0, 0.1) is 5.92 Å². The number of amides is 1. The van der Waals surface area contributed by atoms with Crippen molar-refractivity contribution < 1.29 is 22.7 Å². The number of methoxy groups -OCH3 is 1. The molecular weight excluding hydrogens is 445 g/mol. The van der Waals surface area contributed by atoms with Crippen molar-refractivity contribution in [1.29, 1.82) is 0 Å². The summed E-state index contributed by atoms with van der Waals surface area (Å²) in [5.41, 5.74) is 0.0331. The van der Waals surface area contributed by atoms with Gasteiger partial charge in [0.25, 0.3) is 0 Å². The lowest BCUT2D eigenvalue weighted by Gasteiger charge is -2.48. The zero-order valence-corrected chi connectivity index (χ0v) is 20.6. The van der Waals surface area contributed by atoms with Crippen molar-refractivity contribution in [3.05, 3.63) is 29.8 Å². The maximum Gasteiger partial charge on any atom is 0.416 e. The number of hydrogen-bond donors (Lipinski definition) is 1. The summed E-state index contributed by atoms with van der Waals surface area (Å²) in [5, 5.41) is 2.91. The van der Waals surface area contributed by atoms with E-state index in [4.69, 9.17) is 4.74 Å². The fourth-order valence-electron chi connectivity index (χ4n) is 5.17. The fourth-order valence-corrected chi connectivity index (χ4v) is 5.17. The molecule has 0 saturated carbocycles. The molecule has 2 aliphatic rings. The number of carbonyl (C=O) groups is 1. The van der Waals surface area contributed by atoms with Crippen LogP contribution in [0.3, 0.4) is 0 Å². The lowest BCUT2D eigenvalue weighted by atomic mass is 9.86. The van der Waals surface area contributed by atoms with E-state index in [1.54, 1.807) is 13.2 Å². The molecule has 9 heteroatoms. The number of halogens is 3. The Morgan fingerprint density at radius 3 is 2.56 bits per heavy atom. The summed E-state index contributed by atoms with van der Waals surface area (Å²) in [6, 6.07) is 6.49. The maximum absolute atomic E-state index is 13.1. The first-order valence-electron chi connectivity index (χ1n) is 12.3. The first-order valence-corrected chi connectivity index (χ1v) is 12.3. The lowest BCUT2D eigenvalue weighted by Crippen LogP contribution is -2.57. The van der Waals surface area contributed by atoms with E-state index >= 15 is 0 Å². The highest BCUT2D eigenvalue weighted by atomic mass is 19.4. The molecule has 3 rings (SSSR count). The van der Waals surface area contributed by atoms with Gasteiger partial charge in [-0.1, -0.05) is 6.07 Å². The molecule has 0 spiro atoms. The molecule has 2 fully saturated rings. The highest BCUT2D eigenvalue weighted by Gasteiger charge is 2.36.